The van der Waals surface area contributed by atoms with E-state index in [0.717, 1.165) is 4.80 Å². The number of hydrogen-bond donors (Lipinski definition) is 0. The highest BCUT2D eigenvalue weighted by Gasteiger charge is 2.20. The highest BCUT2D eigenvalue weighted by Crippen LogP contribution is 2.31. The van der Waals surface area contributed by atoms with Gasteiger partial charge in [-0.15, -0.1) is 11.3 Å². The average molecular weight is 303 g/mol. The fourth-order valence-electron chi connectivity index (χ4n) is 2.91. The van der Waals surface area contributed by atoms with Crippen molar-refractivity contribution in [2.45, 2.75) is 38.6 Å². The summed E-state index contributed by atoms with van der Waals surface area (Å²) in [4.78, 5) is 16.1. The van der Waals surface area contributed by atoms with Crippen LogP contribution in [0.15, 0.2) is 34.6 Å². The number of hydrogen-bond acceptors (Lipinski definition) is 4. The molecule has 0 N–H and O–H groups in total. The van der Waals surface area contributed by atoms with Crippen LogP contribution in [0.3, 0.4) is 0 Å². The van der Waals surface area contributed by atoms with E-state index in [0.29, 0.717) is 11.7 Å². The highest BCUT2D eigenvalue weighted by atomic mass is 32.1. The van der Waals surface area contributed by atoms with Gasteiger partial charge in [0.15, 0.2) is 4.80 Å². The van der Waals surface area contributed by atoms with Crippen molar-refractivity contribution in [2.24, 2.45) is 4.99 Å². The molecule has 6 heteroatoms. The van der Waals surface area contributed by atoms with Crippen molar-refractivity contribution in [1.82, 2.24) is 4.57 Å². The lowest BCUT2D eigenvalue weighted by molar-refractivity contribution is -0.384. The van der Waals surface area contributed by atoms with Crippen LogP contribution in [0, 0.1) is 17.0 Å². The molecule has 0 amide bonds. The molecule has 1 heterocycles. The van der Waals surface area contributed by atoms with E-state index in [4.69, 9.17) is 0 Å². The number of nitrogens with zero attached hydrogens (tertiary/aromatic N) is 3. The second-order valence-electron chi connectivity index (χ2n) is 5.33. The van der Waals surface area contributed by atoms with E-state index < -0.39 is 0 Å². The van der Waals surface area contributed by atoms with Crippen molar-refractivity contribution in [3.05, 3.63) is 50.3 Å². The first kappa shape index (κ1) is 14.0. The summed E-state index contributed by atoms with van der Waals surface area (Å²) in [5.74, 6) is 0. The van der Waals surface area contributed by atoms with E-state index in [1.54, 1.807) is 29.5 Å². The standard InChI is InChI=1S/C15H17N3O2S/c1-11-10-21-15(17(11)12-6-2-3-7-12)16-13-8-4-5-9-14(13)18(19)20/h4-5,8-10,12H,2-3,6-7H2,1H3. The van der Waals surface area contributed by atoms with Gasteiger partial charge >= 0.3 is 0 Å². The molecule has 1 fully saturated rings. The smallest absolute Gasteiger partial charge is 0.294 e. The Labute approximate surface area is 126 Å². The topological polar surface area (TPSA) is 60.4 Å². The monoisotopic (exact) mass is 303 g/mol. The Morgan fingerprint density at radius 3 is 2.76 bits per heavy atom. The molecule has 110 valence electrons. The fraction of sp³-hybridized carbons (Fsp3) is 0.400. The Kier molecular flexibility index (Phi) is 3.88. The van der Waals surface area contributed by atoms with Gasteiger partial charge in [-0.1, -0.05) is 25.0 Å². The van der Waals surface area contributed by atoms with E-state index >= 15 is 0 Å². The van der Waals surface area contributed by atoms with Crippen LogP contribution in [-0.2, 0) is 0 Å². The number of nitro groups is 1. The van der Waals surface area contributed by atoms with Gasteiger partial charge in [-0.25, -0.2) is 4.99 Å². The minimum Gasteiger partial charge on any atom is -0.318 e. The zero-order valence-corrected chi connectivity index (χ0v) is 12.7. The van der Waals surface area contributed by atoms with Gasteiger partial charge in [0.2, 0.25) is 0 Å². The van der Waals surface area contributed by atoms with Crippen LogP contribution in [0.1, 0.15) is 37.4 Å². The van der Waals surface area contributed by atoms with Crippen molar-refractivity contribution < 1.29 is 4.92 Å². The van der Waals surface area contributed by atoms with Gasteiger partial charge in [-0.05, 0) is 25.8 Å². The number of aromatic nitrogens is 1. The summed E-state index contributed by atoms with van der Waals surface area (Å²) in [7, 11) is 0. The van der Waals surface area contributed by atoms with Crippen molar-refractivity contribution in [3.8, 4) is 0 Å². The van der Waals surface area contributed by atoms with Gasteiger partial charge in [-0.2, -0.15) is 0 Å². The summed E-state index contributed by atoms with van der Waals surface area (Å²) in [5.41, 5.74) is 1.67. The molecule has 0 atom stereocenters. The minimum absolute atomic E-state index is 0.0570. The zero-order chi connectivity index (χ0) is 14.8. The SMILES string of the molecule is Cc1csc(=Nc2ccccc2[N+](=O)[O-])n1C1CCCC1. The van der Waals surface area contributed by atoms with Crippen LogP contribution in [-0.4, -0.2) is 9.49 Å². The third-order valence-electron chi connectivity index (χ3n) is 3.91. The van der Waals surface area contributed by atoms with Gasteiger partial charge in [0.25, 0.3) is 5.69 Å². The van der Waals surface area contributed by atoms with Gasteiger partial charge < -0.3 is 4.57 Å². The van der Waals surface area contributed by atoms with E-state index in [1.165, 1.54) is 37.4 Å². The van der Waals surface area contributed by atoms with Crippen LogP contribution in [0.25, 0.3) is 0 Å². The Morgan fingerprint density at radius 1 is 1.33 bits per heavy atom. The third-order valence-corrected chi connectivity index (χ3v) is 4.86. The van der Waals surface area contributed by atoms with Crippen molar-refractivity contribution in [2.75, 3.05) is 0 Å². The molecular weight excluding hydrogens is 286 g/mol. The third kappa shape index (κ3) is 2.76. The first-order valence-electron chi connectivity index (χ1n) is 7.11. The maximum Gasteiger partial charge on any atom is 0.294 e. The molecule has 0 bridgehead atoms. The molecule has 1 aliphatic rings. The van der Waals surface area contributed by atoms with Crippen LogP contribution in [0.2, 0.25) is 0 Å². The predicted octanol–water partition coefficient (Wildman–Crippen LogP) is 4.11. The largest absolute Gasteiger partial charge is 0.318 e. The molecule has 5 nitrogen and oxygen atoms in total. The summed E-state index contributed by atoms with van der Waals surface area (Å²) in [5, 5.41) is 13.2. The molecular formula is C15H17N3O2S. The van der Waals surface area contributed by atoms with Crippen molar-refractivity contribution in [3.63, 3.8) is 0 Å². The molecule has 1 saturated carbocycles. The lowest BCUT2D eigenvalue weighted by Gasteiger charge is -2.13. The predicted molar refractivity (Wildman–Crippen MR) is 82.9 cm³/mol. The number of benzene rings is 1. The summed E-state index contributed by atoms with van der Waals surface area (Å²) in [6.45, 7) is 2.08. The van der Waals surface area contributed by atoms with Crippen LogP contribution >= 0.6 is 11.3 Å². The molecule has 0 aliphatic heterocycles. The molecule has 0 radical (unpaired) electrons. The van der Waals surface area contributed by atoms with E-state index in [2.05, 4.69) is 21.9 Å². The summed E-state index contributed by atoms with van der Waals surface area (Å²) >= 11 is 1.55. The molecule has 1 aromatic carbocycles. The summed E-state index contributed by atoms with van der Waals surface area (Å²) < 4.78 is 2.24. The van der Waals surface area contributed by atoms with Crippen LogP contribution in [0.4, 0.5) is 11.4 Å². The van der Waals surface area contributed by atoms with Gasteiger partial charge in [-0.3, -0.25) is 10.1 Å². The second kappa shape index (κ2) is 5.81. The zero-order valence-electron chi connectivity index (χ0n) is 11.9. The Morgan fingerprint density at radius 2 is 2.05 bits per heavy atom. The maximum absolute atomic E-state index is 11.1. The second-order valence-corrected chi connectivity index (χ2v) is 6.16. The Hall–Kier alpha value is -1.95. The van der Waals surface area contributed by atoms with E-state index in [-0.39, 0.29) is 10.6 Å². The minimum atomic E-state index is -0.376. The highest BCUT2D eigenvalue weighted by molar-refractivity contribution is 7.07. The quantitative estimate of drug-likeness (QED) is 0.632. The number of aryl methyl sites for hydroxylation is 1. The lowest BCUT2D eigenvalue weighted by atomic mass is 10.2. The fourth-order valence-corrected chi connectivity index (χ4v) is 3.85. The average Bonchev–Trinajstić information content (AvgIpc) is 3.09. The maximum atomic E-state index is 11.1. The molecule has 3 rings (SSSR count). The molecule has 21 heavy (non-hydrogen) atoms. The first-order chi connectivity index (χ1) is 10.2. The van der Waals surface area contributed by atoms with Gasteiger partial charge in [0, 0.05) is 23.2 Å². The molecule has 0 saturated heterocycles. The number of para-hydroxylation sites is 2. The molecule has 1 aromatic heterocycles. The first-order valence-corrected chi connectivity index (χ1v) is 7.99. The van der Waals surface area contributed by atoms with Crippen LogP contribution < -0.4 is 4.80 Å². The normalized spacial score (nSPS) is 16.5. The Bertz CT molecular complexity index is 727. The van der Waals surface area contributed by atoms with E-state index in [9.17, 15) is 10.1 Å². The molecule has 1 aliphatic carbocycles. The van der Waals surface area contributed by atoms with Crippen molar-refractivity contribution in [1.29, 1.82) is 0 Å². The van der Waals surface area contributed by atoms with Crippen molar-refractivity contribution >= 4 is 22.7 Å². The number of thiazole rings is 1. The van der Waals surface area contributed by atoms with Gasteiger partial charge in [0.1, 0.15) is 5.69 Å². The molecule has 0 unspecified atom stereocenters. The summed E-state index contributed by atoms with van der Waals surface area (Å²) in [6.07, 6.45) is 4.83. The van der Waals surface area contributed by atoms with E-state index in [1.807, 2.05) is 0 Å². The summed E-state index contributed by atoms with van der Waals surface area (Å²) in [6, 6.07) is 7.14. The Balaban J connectivity index is 2.11. The number of rotatable bonds is 3. The molecule has 2 aromatic rings. The number of nitro benzene ring substituents is 1. The lowest BCUT2D eigenvalue weighted by Crippen LogP contribution is -2.20. The molecule has 0 spiro atoms. The van der Waals surface area contributed by atoms with Gasteiger partial charge in [0.05, 0.1) is 4.92 Å². The van der Waals surface area contributed by atoms with Crippen LogP contribution in [0.5, 0.6) is 0 Å².